The Morgan fingerprint density at radius 3 is 2.14 bits per heavy atom. The van der Waals surface area contributed by atoms with Crippen molar-refractivity contribution in [3.05, 3.63) is 78.9 Å². The molecule has 3 rings (SSSR count). The predicted molar refractivity (Wildman–Crippen MR) is 81.9 cm³/mol. The summed E-state index contributed by atoms with van der Waals surface area (Å²) in [5.74, 6) is -0.128. The summed E-state index contributed by atoms with van der Waals surface area (Å²) in [6.07, 6.45) is 4.98. The molecule has 0 saturated carbocycles. The number of rotatable bonds is 3. The second-order valence-corrected chi connectivity index (χ2v) is 4.52. The number of hydrogen-bond acceptors (Lipinski definition) is 3. The summed E-state index contributed by atoms with van der Waals surface area (Å²) in [6, 6.07) is 16.7. The van der Waals surface area contributed by atoms with Crippen LogP contribution in [0.1, 0.15) is 10.4 Å². The molecule has 0 saturated heterocycles. The molecule has 1 amide bonds. The van der Waals surface area contributed by atoms with Gasteiger partial charge in [0.2, 0.25) is 0 Å². The lowest BCUT2D eigenvalue weighted by Gasteiger charge is -2.06. The Morgan fingerprint density at radius 1 is 0.810 bits per heavy atom. The number of carbonyl (C=O) groups is 1. The molecule has 21 heavy (non-hydrogen) atoms. The van der Waals surface area contributed by atoms with E-state index >= 15 is 0 Å². The van der Waals surface area contributed by atoms with E-state index in [0.717, 1.165) is 16.8 Å². The molecule has 0 bridgehead atoms. The number of para-hydroxylation sites is 1. The zero-order valence-electron chi connectivity index (χ0n) is 11.2. The number of anilines is 1. The van der Waals surface area contributed by atoms with E-state index < -0.39 is 0 Å². The topological polar surface area (TPSA) is 54.9 Å². The van der Waals surface area contributed by atoms with Crippen molar-refractivity contribution in [2.45, 2.75) is 0 Å². The maximum absolute atomic E-state index is 12.1. The van der Waals surface area contributed by atoms with Crippen LogP contribution in [-0.4, -0.2) is 15.9 Å². The number of hydrogen-bond donors (Lipinski definition) is 1. The number of aromatic nitrogens is 2. The molecule has 2 aromatic carbocycles. The van der Waals surface area contributed by atoms with E-state index in [1.54, 1.807) is 24.5 Å². The first-order chi connectivity index (χ1) is 10.3. The van der Waals surface area contributed by atoms with Gasteiger partial charge >= 0.3 is 0 Å². The molecule has 4 heteroatoms. The summed E-state index contributed by atoms with van der Waals surface area (Å²) < 4.78 is 0. The molecule has 3 aromatic rings. The normalized spacial score (nSPS) is 10.1. The minimum atomic E-state index is -0.128. The quantitative estimate of drug-likeness (QED) is 0.797. The minimum absolute atomic E-state index is 0.128. The van der Waals surface area contributed by atoms with E-state index in [4.69, 9.17) is 0 Å². The monoisotopic (exact) mass is 275 g/mol. The van der Waals surface area contributed by atoms with Crippen LogP contribution in [0.4, 0.5) is 5.69 Å². The summed E-state index contributed by atoms with van der Waals surface area (Å²) in [6.45, 7) is 0. The average Bonchev–Trinajstić information content (AvgIpc) is 2.57. The number of benzene rings is 2. The van der Waals surface area contributed by atoms with E-state index in [-0.39, 0.29) is 5.91 Å². The molecule has 1 aromatic heterocycles. The van der Waals surface area contributed by atoms with Crippen molar-refractivity contribution in [3.63, 3.8) is 0 Å². The maximum atomic E-state index is 12.1. The Balaban J connectivity index is 1.77. The third kappa shape index (κ3) is 3.12. The number of nitrogens with zero attached hydrogens (tertiary/aromatic N) is 2. The van der Waals surface area contributed by atoms with E-state index in [9.17, 15) is 4.79 Å². The fourth-order valence-corrected chi connectivity index (χ4v) is 1.99. The van der Waals surface area contributed by atoms with Gasteiger partial charge in [-0.2, -0.15) is 0 Å². The van der Waals surface area contributed by atoms with Crippen molar-refractivity contribution < 1.29 is 4.79 Å². The fourth-order valence-electron chi connectivity index (χ4n) is 1.99. The summed E-state index contributed by atoms with van der Waals surface area (Å²) in [4.78, 5) is 20.1. The van der Waals surface area contributed by atoms with Crippen LogP contribution in [0.2, 0.25) is 0 Å². The lowest BCUT2D eigenvalue weighted by Crippen LogP contribution is -2.11. The largest absolute Gasteiger partial charge is 0.322 e. The molecular weight excluding hydrogens is 262 g/mol. The molecule has 0 aliphatic rings. The molecule has 0 spiro atoms. The molecule has 0 aliphatic carbocycles. The van der Waals surface area contributed by atoms with Gasteiger partial charge in [-0.05, 0) is 29.8 Å². The zero-order valence-corrected chi connectivity index (χ0v) is 11.2. The molecule has 1 heterocycles. The Bertz CT molecular complexity index is 725. The smallest absolute Gasteiger partial charge is 0.255 e. The highest BCUT2D eigenvalue weighted by Crippen LogP contribution is 2.18. The van der Waals surface area contributed by atoms with E-state index in [2.05, 4.69) is 15.3 Å². The summed E-state index contributed by atoms with van der Waals surface area (Å²) in [5, 5.41) is 2.85. The van der Waals surface area contributed by atoms with Crippen molar-refractivity contribution in [2.75, 3.05) is 5.32 Å². The minimum Gasteiger partial charge on any atom is -0.322 e. The van der Waals surface area contributed by atoms with Crippen molar-refractivity contribution in [2.24, 2.45) is 0 Å². The Morgan fingerprint density at radius 2 is 1.48 bits per heavy atom. The van der Waals surface area contributed by atoms with Gasteiger partial charge < -0.3 is 5.32 Å². The van der Waals surface area contributed by atoms with Crippen molar-refractivity contribution in [1.29, 1.82) is 0 Å². The summed E-state index contributed by atoms with van der Waals surface area (Å²) >= 11 is 0. The van der Waals surface area contributed by atoms with Crippen molar-refractivity contribution >= 4 is 11.6 Å². The molecule has 0 unspecified atom stereocenters. The van der Waals surface area contributed by atoms with Crippen LogP contribution >= 0.6 is 0 Å². The second-order valence-electron chi connectivity index (χ2n) is 4.52. The van der Waals surface area contributed by atoms with Gasteiger partial charge in [0.05, 0.1) is 0 Å². The van der Waals surface area contributed by atoms with Gasteiger partial charge in [0.25, 0.3) is 5.91 Å². The van der Waals surface area contributed by atoms with Gasteiger partial charge in [-0.1, -0.05) is 30.3 Å². The van der Waals surface area contributed by atoms with Crippen LogP contribution in [-0.2, 0) is 0 Å². The molecule has 0 radical (unpaired) electrons. The SMILES string of the molecule is O=C(Nc1ccccc1)c1ccc(-c2cncnc2)cc1. The van der Waals surface area contributed by atoms with Crippen molar-refractivity contribution in [3.8, 4) is 11.1 Å². The second kappa shape index (κ2) is 5.96. The van der Waals surface area contributed by atoms with Gasteiger partial charge in [-0.25, -0.2) is 9.97 Å². The number of nitrogens with one attached hydrogen (secondary N) is 1. The predicted octanol–water partition coefficient (Wildman–Crippen LogP) is 3.40. The highest BCUT2D eigenvalue weighted by molar-refractivity contribution is 6.04. The van der Waals surface area contributed by atoms with E-state index in [1.165, 1.54) is 6.33 Å². The first kappa shape index (κ1) is 13.0. The molecule has 102 valence electrons. The Kier molecular flexibility index (Phi) is 3.69. The van der Waals surface area contributed by atoms with Gasteiger partial charge in [0.1, 0.15) is 6.33 Å². The lowest BCUT2D eigenvalue weighted by molar-refractivity contribution is 0.102. The maximum Gasteiger partial charge on any atom is 0.255 e. The highest BCUT2D eigenvalue weighted by atomic mass is 16.1. The Labute approximate surface area is 122 Å². The van der Waals surface area contributed by atoms with Crippen LogP contribution in [0.25, 0.3) is 11.1 Å². The summed E-state index contributed by atoms with van der Waals surface area (Å²) in [7, 11) is 0. The molecule has 1 N–H and O–H groups in total. The summed E-state index contributed by atoms with van der Waals surface area (Å²) in [5.41, 5.74) is 3.29. The van der Waals surface area contributed by atoms with Crippen LogP contribution < -0.4 is 5.32 Å². The zero-order chi connectivity index (χ0) is 14.5. The van der Waals surface area contributed by atoms with Crippen LogP contribution in [0, 0.1) is 0 Å². The van der Waals surface area contributed by atoms with Crippen LogP contribution in [0.3, 0.4) is 0 Å². The van der Waals surface area contributed by atoms with Gasteiger partial charge in [-0.3, -0.25) is 4.79 Å². The highest BCUT2D eigenvalue weighted by Gasteiger charge is 2.06. The van der Waals surface area contributed by atoms with Gasteiger partial charge in [-0.15, -0.1) is 0 Å². The molecule has 0 atom stereocenters. The average molecular weight is 275 g/mol. The standard InChI is InChI=1S/C17H13N3O/c21-17(20-16-4-2-1-3-5-16)14-8-6-13(7-9-14)15-10-18-12-19-11-15/h1-12H,(H,20,21). The van der Waals surface area contributed by atoms with Crippen LogP contribution in [0.15, 0.2) is 73.3 Å². The van der Waals surface area contributed by atoms with Crippen LogP contribution in [0.5, 0.6) is 0 Å². The molecule has 4 nitrogen and oxygen atoms in total. The van der Waals surface area contributed by atoms with E-state index in [0.29, 0.717) is 5.56 Å². The third-order valence-electron chi connectivity index (χ3n) is 3.07. The van der Waals surface area contributed by atoms with Gasteiger partial charge in [0.15, 0.2) is 0 Å². The Hall–Kier alpha value is -3.01. The van der Waals surface area contributed by atoms with Gasteiger partial charge in [0, 0.05) is 29.2 Å². The molecule has 0 aliphatic heterocycles. The van der Waals surface area contributed by atoms with Crippen molar-refractivity contribution in [1.82, 2.24) is 9.97 Å². The molecular formula is C17H13N3O. The number of carbonyl (C=O) groups excluding carboxylic acids is 1. The first-order valence-electron chi connectivity index (χ1n) is 6.55. The lowest BCUT2D eigenvalue weighted by atomic mass is 10.1. The molecule has 0 fully saturated rings. The number of amides is 1. The third-order valence-corrected chi connectivity index (χ3v) is 3.07. The van der Waals surface area contributed by atoms with E-state index in [1.807, 2.05) is 42.5 Å². The fraction of sp³-hybridized carbons (Fsp3) is 0. The first-order valence-corrected chi connectivity index (χ1v) is 6.55.